The molecule has 1 aliphatic rings. The topological polar surface area (TPSA) is 9.23 Å². The largest absolute Gasteiger partial charge is 0.370 e. The van der Waals surface area contributed by atoms with Gasteiger partial charge < -0.3 is 4.74 Å². The number of rotatable bonds is 1. The molecule has 1 heteroatoms. The molecule has 0 saturated heterocycles. The smallest absolute Gasteiger partial charge is 0.109 e. The van der Waals surface area contributed by atoms with E-state index in [1.807, 2.05) is 12.1 Å². The first-order valence-electron chi connectivity index (χ1n) is 4.10. The van der Waals surface area contributed by atoms with Crippen LogP contribution in [-0.4, -0.2) is 7.11 Å². The molecule has 0 aromatic heterocycles. The molecule has 1 aromatic carbocycles. The van der Waals surface area contributed by atoms with Gasteiger partial charge in [-0.2, -0.15) is 0 Å². The van der Waals surface area contributed by atoms with Crippen LogP contribution in [-0.2, 0) is 10.3 Å². The van der Waals surface area contributed by atoms with Gasteiger partial charge >= 0.3 is 0 Å². The number of benzene rings is 1. The zero-order valence-corrected chi connectivity index (χ0v) is 7.37. The molecule has 1 aliphatic carbocycles. The lowest BCUT2D eigenvalue weighted by Gasteiger charge is -2.21. The van der Waals surface area contributed by atoms with Crippen molar-refractivity contribution in [2.75, 3.05) is 7.11 Å². The lowest BCUT2D eigenvalue weighted by Crippen LogP contribution is -2.18. The fourth-order valence-corrected chi connectivity index (χ4v) is 1.61. The second-order valence-electron chi connectivity index (χ2n) is 3.23. The van der Waals surface area contributed by atoms with E-state index in [1.165, 1.54) is 11.1 Å². The van der Waals surface area contributed by atoms with Crippen LogP contribution in [0.2, 0.25) is 0 Å². The van der Waals surface area contributed by atoms with E-state index in [0.717, 1.165) is 0 Å². The van der Waals surface area contributed by atoms with Gasteiger partial charge in [-0.3, -0.25) is 0 Å². The van der Waals surface area contributed by atoms with Gasteiger partial charge in [-0.15, -0.1) is 0 Å². The lowest BCUT2D eigenvalue weighted by atomic mass is 9.98. The normalized spacial score (nSPS) is 25.8. The van der Waals surface area contributed by atoms with Crippen molar-refractivity contribution in [1.82, 2.24) is 0 Å². The fraction of sp³-hybridized carbons (Fsp3) is 0.273. The molecule has 0 fully saturated rings. The highest BCUT2D eigenvalue weighted by atomic mass is 16.5. The van der Waals surface area contributed by atoms with Crippen molar-refractivity contribution < 1.29 is 4.74 Å². The minimum Gasteiger partial charge on any atom is -0.370 e. The van der Waals surface area contributed by atoms with Gasteiger partial charge in [0.2, 0.25) is 0 Å². The molecule has 0 radical (unpaired) electrons. The van der Waals surface area contributed by atoms with Crippen LogP contribution in [0.15, 0.2) is 30.3 Å². The van der Waals surface area contributed by atoms with Gasteiger partial charge in [0, 0.05) is 7.11 Å². The van der Waals surface area contributed by atoms with E-state index in [4.69, 9.17) is 4.74 Å². The monoisotopic (exact) mass is 160 g/mol. The van der Waals surface area contributed by atoms with E-state index in [0.29, 0.717) is 0 Å². The third-order valence-electron chi connectivity index (χ3n) is 2.50. The highest BCUT2D eigenvalue weighted by Crippen LogP contribution is 2.35. The van der Waals surface area contributed by atoms with Crippen molar-refractivity contribution in [2.24, 2.45) is 0 Å². The third-order valence-corrected chi connectivity index (χ3v) is 2.50. The predicted octanol–water partition coefficient (Wildman–Crippen LogP) is 2.58. The van der Waals surface area contributed by atoms with Crippen LogP contribution in [0.25, 0.3) is 6.08 Å². The average molecular weight is 160 g/mol. The molecule has 1 unspecified atom stereocenters. The molecule has 0 spiro atoms. The summed E-state index contributed by atoms with van der Waals surface area (Å²) in [5.74, 6) is 0. The molecule has 12 heavy (non-hydrogen) atoms. The highest BCUT2D eigenvalue weighted by molar-refractivity contribution is 5.63. The summed E-state index contributed by atoms with van der Waals surface area (Å²) in [5.41, 5.74) is 2.31. The van der Waals surface area contributed by atoms with Gasteiger partial charge in [0.05, 0.1) is 0 Å². The summed E-state index contributed by atoms with van der Waals surface area (Å²) in [4.78, 5) is 0. The molecule has 0 saturated carbocycles. The Labute approximate surface area is 72.7 Å². The van der Waals surface area contributed by atoms with Gasteiger partial charge in [-0.1, -0.05) is 30.3 Å². The predicted molar refractivity (Wildman–Crippen MR) is 49.8 cm³/mol. The van der Waals surface area contributed by atoms with Crippen LogP contribution in [0, 0.1) is 0 Å². The maximum Gasteiger partial charge on any atom is 0.109 e. The first-order chi connectivity index (χ1) is 5.76. The summed E-state index contributed by atoms with van der Waals surface area (Å²) < 4.78 is 5.44. The molecule has 1 atom stereocenters. The van der Waals surface area contributed by atoms with Gasteiger partial charge in [0.15, 0.2) is 0 Å². The molecule has 0 N–H and O–H groups in total. The fourth-order valence-electron chi connectivity index (χ4n) is 1.61. The van der Waals surface area contributed by atoms with Crippen LogP contribution in [0.4, 0.5) is 0 Å². The second-order valence-corrected chi connectivity index (χ2v) is 3.23. The van der Waals surface area contributed by atoms with E-state index in [9.17, 15) is 0 Å². The third kappa shape index (κ3) is 0.901. The summed E-state index contributed by atoms with van der Waals surface area (Å²) >= 11 is 0. The average Bonchev–Trinajstić information content (AvgIpc) is 2.46. The highest BCUT2D eigenvalue weighted by Gasteiger charge is 2.28. The first kappa shape index (κ1) is 7.56. The van der Waals surface area contributed by atoms with Crippen molar-refractivity contribution in [1.29, 1.82) is 0 Å². The number of hydrogen-bond donors (Lipinski definition) is 0. The van der Waals surface area contributed by atoms with E-state index < -0.39 is 0 Å². The molecular weight excluding hydrogens is 148 g/mol. The van der Waals surface area contributed by atoms with Crippen LogP contribution in [0.3, 0.4) is 0 Å². The number of ether oxygens (including phenoxy) is 1. The molecule has 62 valence electrons. The second kappa shape index (κ2) is 2.46. The van der Waals surface area contributed by atoms with E-state index in [-0.39, 0.29) is 5.60 Å². The van der Waals surface area contributed by atoms with Crippen molar-refractivity contribution in [3.8, 4) is 0 Å². The van der Waals surface area contributed by atoms with Gasteiger partial charge in [0.25, 0.3) is 0 Å². The Balaban J connectivity index is 2.56. The standard InChI is InChI=1S/C11H12O/c1-11(12-2)8-7-9-5-3-4-6-10(9)11/h3-8H,1-2H3. The zero-order valence-electron chi connectivity index (χ0n) is 7.37. The Bertz CT molecular complexity index is 328. The minimum absolute atomic E-state index is 0.212. The Morgan fingerprint density at radius 1 is 1.25 bits per heavy atom. The van der Waals surface area contributed by atoms with Crippen LogP contribution in [0.5, 0.6) is 0 Å². The minimum atomic E-state index is -0.212. The molecule has 0 amide bonds. The Morgan fingerprint density at radius 2 is 2.00 bits per heavy atom. The Morgan fingerprint density at radius 3 is 2.75 bits per heavy atom. The van der Waals surface area contributed by atoms with Gasteiger partial charge in [-0.25, -0.2) is 0 Å². The van der Waals surface area contributed by atoms with Crippen molar-refractivity contribution in [2.45, 2.75) is 12.5 Å². The molecule has 1 aromatic rings. The van der Waals surface area contributed by atoms with E-state index in [2.05, 4.69) is 31.2 Å². The molecule has 0 aliphatic heterocycles. The van der Waals surface area contributed by atoms with Crippen LogP contribution >= 0.6 is 0 Å². The summed E-state index contributed by atoms with van der Waals surface area (Å²) in [5, 5.41) is 0. The quantitative estimate of drug-likeness (QED) is 0.613. The molecule has 1 nitrogen and oxygen atoms in total. The summed E-state index contributed by atoms with van der Waals surface area (Å²) in [6.07, 6.45) is 4.20. The van der Waals surface area contributed by atoms with Gasteiger partial charge in [-0.05, 0) is 24.1 Å². The van der Waals surface area contributed by atoms with Gasteiger partial charge in [0.1, 0.15) is 5.60 Å². The molecule has 0 heterocycles. The first-order valence-corrected chi connectivity index (χ1v) is 4.10. The Kier molecular flexibility index (Phi) is 1.55. The van der Waals surface area contributed by atoms with Crippen LogP contribution < -0.4 is 0 Å². The lowest BCUT2D eigenvalue weighted by molar-refractivity contribution is 0.0490. The number of fused-ring (bicyclic) bond motifs is 1. The van der Waals surface area contributed by atoms with E-state index >= 15 is 0 Å². The van der Waals surface area contributed by atoms with E-state index in [1.54, 1.807) is 7.11 Å². The van der Waals surface area contributed by atoms with Crippen molar-refractivity contribution >= 4 is 6.08 Å². The maximum absolute atomic E-state index is 5.44. The van der Waals surface area contributed by atoms with Crippen LogP contribution in [0.1, 0.15) is 18.1 Å². The Hall–Kier alpha value is -1.08. The SMILES string of the molecule is COC1(C)C=Cc2ccccc21. The molecular formula is C11H12O. The number of hydrogen-bond acceptors (Lipinski definition) is 1. The molecule has 0 bridgehead atoms. The maximum atomic E-state index is 5.44. The zero-order chi connectivity index (χ0) is 8.60. The summed E-state index contributed by atoms with van der Waals surface area (Å²) in [7, 11) is 1.74. The summed E-state index contributed by atoms with van der Waals surface area (Å²) in [6, 6.07) is 8.31. The van der Waals surface area contributed by atoms with Crippen molar-refractivity contribution in [3.05, 3.63) is 41.5 Å². The van der Waals surface area contributed by atoms with Crippen molar-refractivity contribution in [3.63, 3.8) is 0 Å². The number of methoxy groups -OCH3 is 1. The molecule has 2 rings (SSSR count). The summed E-state index contributed by atoms with van der Waals surface area (Å²) in [6.45, 7) is 2.08.